The molecule has 1 aliphatic rings. The van der Waals surface area contributed by atoms with E-state index >= 15 is 0 Å². The van der Waals surface area contributed by atoms with Crippen molar-refractivity contribution in [2.75, 3.05) is 13.7 Å². The molecule has 0 amide bonds. The Morgan fingerprint density at radius 1 is 1.26 bits per heavy atom. The van der Waals surface area contributed by atoms with Crippen molar-refractivity contribution >= 4 is 10.1 Å². The Morgan fingerprint density at radius 3 is 2.37 bits per heavy atom. The lowest BCUT2D eigenvalue weighted by Crippen LogP contribution is -2.44. The van der Waals surface area contributed by atoms with Crippen LogP contribution in [-0.4, -0.2) is 27.7 Å². The van der Waals surface area contributed by atoms with Crippen LogP contribution >= 0.6 is 0 Å². The summed E-state index contributed by atoms with van der Waals surface area (Å²) in [6.07, 6.45) is 1.68. The number of benzene rings is 1. The van der Waals surface area contributed by atoms with Crippen LogP contribution in [0.25, 0.3) is 0 Å². The SMILES string of the molecule is COC1(C)CC(COS(=O)(=O)c2ccc(C)cc2)C1. The third-order valence-corrected chi connectivity index (χ3v) is 5.00. The fourth-order valence-electron chi connectivity index (χ4n) is 2.40. The summed E-state index contributed by atoms with van der Waals surface area (Å²) >= 11 is 0. The van der Waals surface area contributed by atoms with E-state index in [0.717, 1.165) is 18.4 Å². The number of methoxy groups -OCH3 is 1. The van der Waals surface area contributed by atoms with E-state index in [1.54, 1.807) is 31.4 Å². The fraction of sp³-hybridized carbons (Fsp3) is 0.571. The van der Waals surface area contributed by atoms with E-state index in [0.29, 0.717) is 0 Å². The molecule has 0 saturated heterocycles. The van der Waals surface area contributed by atoms with Crippen molar-refractivity contribution in [2.45, 2.75) is 37.2 Å². The van der Waals surface area contributed by atoms with Crippen LogP contribution in [-0.2, 0) is 19.0 Å². The standard InChI is InChI=1S/C14H20O4S/c1-11-4-6-13(7-5-11)19(15,16)18-10-12-8-14(2,9-12)17-3/h4-7,12H,8-10H2,1-3H3. The van der Waals surface area contributed by atoms with Crippen molar-refractivity contribution in [2.24, 2.45) is 5.92 Å². The minimum Gasteiger partial charge on any atom is -0.379 e. The van der Waals surface area contributed by atoms with Crippen LogP contribution in [0.3, 0.4) is 0 Å². The van der Waals surface area contributed by atoms with Crippen molar-refractivity contribution in [1.82, 2.24) is 0 Å². The molecule has 1 aromatic carbocycles. The van der Waals surface area contributed by atoms with Crippen LogP contribution in [0.2, 0.25) is 0 Å². The largest absolute Gasteiger partial charge is 0.379 e. The molecule has 0 aromatic heterocycles. The molecule has 5 heteroatoms. The van der Waals surface area contributed by atoms with E-state index in [2.05, 4.69) is 0 Å². The summed E-state index contributed by atoms with van der Waals surface area (Å²) < 4.78 is 34.4. The van der Waals surface area contributed by atoms with Gasteiger partial charge in [-0.25, -0.2) is 0 Å². The number of hydrogen-bond acceptors (Lipinski definition) is 4. The number of aryl methyl sites for hydroxylation is 1. The first-order valence-electron chi connectivity index (χ1n) is 6.36. The second kappa shape index (κ2) is 5.23. The molecule has 4 nitrogen and oxygen atoms in total. The number of rotatable bonds is 5. The van der Waals surface area contributed by atoms with Gasteiger partial charge in [0, 0.05) is 7.11 Å². The van der Waals surface area contributed by atoms with Crippen molar-refractivity contribution < 1.29 is 17.3 Å². The Labute approximate surface area is 114 Å². The molecule has 19 heavy (non-hydrogen) atoms. The maximum atomic E-state index is 12.0. The third-order valence-electron chi connectivity index (χ3n) is 3.70. The maximum Gasteiger partial charge on any atom is 0.296 e. The zero-order valence-corrected chi connectivity index (χ0v) is 12.4. The Hall–Kier alpha value is -0.910. The molecular weight excluding hydrogens is 264 g/mol. The molecule has 0 unspecified atom stereocenters. The highest BCUT2D eigenvalue weighted by atomic mass is 32.2. The summed E-state index contributed by atoms with van der Waals surface area (Å²) in [5.41, 5.74) is 0.913. The van der Waals surface area contributed by atoms with Crippen LogP contribution in [0.15, 0.2) is 29.2 Å². The van der Waals surface area contributed by atoms with E-state index in [1.807, 2.05) is 13.8 Å². The highest BCUT2D eigenvalue weighted by Gasteiger charge is 2.41. The Bertz CT molecular complexity index is 527. The Morgan fingerprint density at radius 2 is 1.84 bits per heavy atom. The van der Waals surface area contributed by atoms with E-state index in [4.69, 9.17) is 8.92 Å². The van der Waals surface area contributed by atoms with Gasteiger partial charge in [-0.1, -0.05) is 17.7 Å². The monoisotopic (exact) mass is 284 g/mol. The lowest BCUT2D eigenvalue weighted by molar-refractivity contribution is -0.0987. The summed E-state index contributed by atoms with van der Waals surface area (Å²) in [7, 11) is -1.95. The van der Waals surface area contributed by atoms with E-state index in [9.17, 15) is 8.42 Å². The molecule has 0 atom stereocenters. The van der Waals surface area contributed by atoms with Gasteiger partial charge < -0.3 is 4.74 Å². The van der Waals surface area contributed by atoms with Crippen LogP contribution < -0.4 is 0 Å². The normalized spacial score (nSPS) is 27.0. The molecule has 0 radical (unpaired) electrons. The van der Waals surface area contributed by atoms with E-state index in [-0.39, 0.29) is 23.0 Å². The van der Waals surface area contributed by atoms with Gasteiger partial charge in [0.25, 0.3) is 10.1 Å². The second-order valence-corrected chi connectivity index (χ2v) is 7.10. The second-order valence-electron chi connectivity index (χ2n) is 5.48. The zero-order chi connectivity index (χ0) is 14.1. The zero-order valence-electron chi connectivity index (χ0n) is 11.5. The first-order valence-corrected chi connectivity index (χ1v) is 7.77. The van der Waals surface area contributed by atoms with Crippen LogP contribution in [0.1, 0.15) is 25.3 Å². The number of ether oxygens (including phenoxy) is 1. The molecule has 1 fully saturated rings. The Balaban J connectivity index is 1.91. The minimum absolute atomic E-state index is 0.109. The highest BCUT2D eigenvalue weighted by Crippen LogP contribution is 2.40. The molecule has 106 valence electrons. The molecular formula is C14H20O4S. The molecule has 0 spiro atoms. The van der Waals surface area contributed by atoms with Crippen molar-refractivity contribution in [3.05, 3.63) is 29.8 Å². The smallest absolute Gasteiger partial charge is 0.296 e. The lowest BCUT2D eigenvalue weighted by atomic mass is 9.72. The average Bonchev–Trinajstić information content (AvgIpc) is 2.34. The van der Waals surface area contributed by atoms with Gasteiger partial charge in [0.15, 0.2) is 0 Å². The lowest BCUT2D eigenvalue weighted by Gasteiger charge is -2.43. The maximum absolute atomic E-state index is 12.0. The summed E-state index contributed by atoms with van der Waals surface area (Å²) in [6.45, 7) is 4.17. The molecule has 0 N–H and O–H groups in total. The van der Waals surface area contributed by atoms with Gasteiger partial charge in [-0.15, -0.1) is 0 Å². The average molecular weight is 284 g/mol. The first kappa shape index (κ1) is 14.5. The predicted octanol–water partition coefficient (Wildman–Crippen LogP) is 2.52. The molecule has 1 aliphatic carbocycles. The van der Waals surface area contributed by atoms with Crippen molar-refractivity contribution in [3.8, 4) is 0 Å². The van der Waals surface area contributed by atoms with Gasteiger partial charge in [-0.3, -0.25) is 4.18 Å². The molecule has 1 saturated carbocycles. The fourth-order valence-corrected chi connectivity index (χ4v) is 3.38. The van der Waals surface area contributed by atoms with E-state index < -0.39 is 10.1 Å². The van der Waals surface area contributed by atoms with Gasteiger partial charge in [0.05, 0.1) is 17.1 Å². The summed E-state index contributed by atoms with van der Waals surface area (Å²) in [4.78, 5) is 0.215. The molecule has 2 rings (SSSR count). The van der Waals surface area contributed by atoms with Crippen LogP contribution in [0, 0.1) is 12.8 Å². The van der Waals surface area contributed by atoms with Crippen molar-refractivity contribution in [3.63, 3.8) is 0 Å². The molecule has 0 bridgehead atoms. The quantitative estimate of drug-likeness (QED) is 0.780. The molecule has 1 aromatic rings. The Kier molecular flexibility index (Phi) is 3.99. The van der Waals surface area contributed by atoms with Gasteiger partial charge in [-0.2, -0.15) is 8.42 Å². The van der Waals surface area contributed by atoms with Crippen LogP contribution in [0.4, 0.5) is 0 Å². The predicted molar refractivity (Wildman–Crippen MR) is 72.5 cm³/mol. The summed E-state index contributed by atoms with van der Waals surface area (Å²) in [5, 5.41) is 0. The van der Waals surface area contributed by atoms with Crippen LogP contribution in [0.5, 0.6) is 0 Å². The number of hydrogen-bond donors (Lipinski definition) is 0. The van der Waals surface area contributed by atoms with Gasteiger partial charge in [0.1, 0.15) is 0 Å². The molecule has 0 heterocycles. The van der Waals surface area contributed by atoms with Gasteiger partial charge in [0.2, 0.25) is 0 Å². The van der Waals surface area contributed by atoms with Gasteiger partial charge in [-0.05, 0) is 44.7 Å². The van der Waals surface area contributed by atoms with E-state index in [1.165, 1.54) is 0 Å². The molecule has 0 aliphatic heterocycles. The van der Waals surface area contributed by atoms with Crippen molar-refractivity contribution in [1.29, 1.82) is 0 Å². The van der Waals surface area contributed by atoms with Gasteiger partial charge >= 0.3 is 0 Å². The minimum atomic E-state index is -3.63. The first-order chi connectivity index (χ1) is 8.85. The summed E-state index contributed by atoms with van der Waals surface area (Å²) in [6, 6.07) is 6.68. The highest BCUT2D eigenvalue weighted by molar-refractivity contribution is 7.86. The third kappa shape index (κ3) is 3.35. The summed E-state index contributed by atoms with van der Waals surface area (Å²) in [5.74, 6) is 0.255. The topological polar surface area (TPSA) is 52.6 Å².